The van der Waals surface area contributed by atoms with Crippen molar-refractivity contribution in [2.45, 2.75) is 67.9 Å². The average Bonchev–Trinajstić information content (AvgIpc) is 3.87. The molecule has 0 aromatic heterocycles. The second kappa shape index (κ2) is 18.4. The summed E-state index contributed by atoms with van der Waals surface area (Å²) in [5.74, 6) is 0.140. The van der Waals surface area contributed by atoms with Crippen LogP contribution < -0.4 is 33.7 Å². The minimum absolute atomic E-state index is 0.0467. The Hall–Kier alpha value is -6.82. The minimum Gasteiger partial charge on any atom is -0.504 e. The van der Waals surface area contributed by atoms with Gasteiger partial charge in [0.25, 0.3) is 0 Å². The largest absolute Gasteiger partial charge is 0.504 e. The zero-order valence-corrected chi connectivity index (χ0v) is 40.6. The number of benzene rings is 5. The first-order valence-electron chi connectivity index (χ1n) is 23.6. The Bertz CT molecular complexity index is 3040. The number of hydrogen-bond acceptors (Lipinski definition) is 16. The molecule has 5 aromatic carbocycles. The van der Waals surface area contributed by atoms with E-state index in [1.807, 2.05) is 92.5 Å². The van der Waals surface area contributed by atoms with Crippen molar-refractivity contribution in [1.82, 2.24) is 15.1 Å². The molecule has 16 heteroatoms. The number of phenols is 1. The van der Waals surface area contributed by atoms with Crippen molar-refractivity contribution < 1.29 is 57.8 Å². The number of likely N-dealkylation sites (N-methyl/N-ethyl adjacent to an activating group) is 1. The first kappa shape index (κ1) is 46.6. The third kappa shape index (κ3) is 7.71. The molecule has 0 aliphatic carbocycles. The summed E-state index contributed by atoms with van der Waals surface area (Å²) in [6.07, 6.45) is 5.92. The molecule has 0 radical (unpaired) electrons. The SMILES string of the molecule is COc1cc2c(cc1O)CCN[C@]21CS[C@@H]2c3c(OC(=O)/C=C/c4ccccc4)c(C)c4c(c3[C@H](COC1=O)N1C2[C@@H]2c3c(cc(C)c(OC)c3OC(=O)/C=C/c3ccccc3)C[C@H]([C@@H]1O)N2C)OCO4. The highest BCUT2D eigenvalue weighted by Gasteiger charge is 2.61. The number of aliphatic hydroxyl groups is 1. The van der Waals surface area contributed by atoms with Crippen molar-refractivity contribution in [3.05, 3.63) is 147 Å². The smallest absolute Gasteiger partial charge is 0.336 e. The fourth-order valence-electron chi connectivity index (χ4n) is 11.7. The number of thioether (sulfide) groups is 1. The number of aromatic hydroxyl groups is 1. The van der Waals surface area contributed by atoms with Crippen LogP contribution in [0, 0.1) is 13.8 Å². The lowest BCUT2D eigenvalue weighted by atomic mass is 9.73. The van der Waals surface area contributed by atoms with Gasteiger partial charge in [-0.25, -0.2) is 14.4 Å². The van der Waals surface area contributed by atoms with Gasteiger partial charge in [-0.1, -0.05) is 66.7 Å². The fourth-order valence-corrected chi connectivity index (χ4v) is 13.3. The highest BCUT2D eigenvalue weighted by atomic mass is 32.2. The number of ether oxygens (including phenoxy) is 7. The van der Waals surface area contributed by atoms with Crippen LogP contribution in [0.1, 0.15) is 73.0 Å². The predicted octanol–water partition coefficient (Wildman–Crippen LogP) is 7.02. The van der Waals surface area contributed by atoms with Crippen LogP contribution in [0.4, 0.5) is 0 Å². The van der Waals surface area contributed by atoms with Crippen LogP contribution in [0.2, 0.25) is 0 Å². The molecule has 12 rings (SSSR count). The molecule has 0 saturated carbocycles. The summed E-state index contributed by atoms with van der Waals surface area (Å²) in [6.45, 7) is 3.75. The van der Waals surface area contributed by atoms with E-state index < -0.39 is 59.1 Å². The lowest BCUT2D eigenvalue weighted by molar-refractivity contribution is -0.186. The number of nitrogens with one attached hydrogen (secondary N) is 1. The summed E-state index contributed by atoms with van der Waals surface area (Å²) in [5.41, 5.74) is 5.59. The molecule has 5 aromatic rings. The molecule has 0 amide bonds. The highest BCUT2D eigenvalue weighted by Crippen LogP contribution is 2.64. The van der Waals surface area contributed by atoms with E-state index in [4.69, 9.17) is 33.2 Å². The Morgan fingerprint density at radius 1 is 0.831 bits per heavy atom. The molecule has 3 N–H and O–H groups in total. The first-order valence-corrected chi connectivity index (χ1v) is 24.6. The van der Waals surface area contributed by atoms with E-state index in [9.17, 15) is 19.8 Å². The number of esters is 3. The molecule has 4 bridgehead atoms. The third-order valence-corrected chi connectivity index (χ3v) is 16.3. The van der Waals surface area contributed by atoms with Crippen LogP contribution in [-0.2, 0) is 37.5 Å². The second-order valence-corrected chi connectivity index (χ2v) is 19.8. The lowest BCUT2D eigenvalue weighted by Crippen LogP contribution is -2.70. The van der Waals surface area contributed by atoms with Gasteiger partial charge in [0, 0.05) is 52.7 Å². The van der Waals surface area contributed by atoms with E-state index in [1.54, 1.807) is 31.4 Å². The number of aliphatic hydroxyl groups excluding tert-OH is 1. The van der Waals surface area contributed by atoms with Gasteiger partial charge in [0.2, 0.25) is 6.79 Å². The predicted molar refractivity (Wildman–Crippen MR) is 264 cm³/mol. The minimum atomic E-state index is -1.44. The van der Waals surface area contributed by atoms with E-state index in [2.05, 4.69) is 10.2 Å². The molecule has 7 atom stereocenters. The van der Waals surface area contributed by atoms with Gasteiger partial charge in [-0.2, -0.15) is 0 Å². The van der Waals surface area contributed by atoms with Gasteiger partial charge in [0.15, 0.2) is 40.0 Å². The van der Waals surface area contributed by atoms with Gasteiger partial charge >= 0.3 is 17.9 Å². The van der Waals surface area contributed by atoms with Crippen LogP contribution in [-0.4, -0.2) is 103 Å². The molecule has 1 unspecified atom stereocenters. The second-order valence-electron chi connectivity index (χ2n) is 18.6. The normalized spacial score (nSPS) is 25.2. The maximum atomic E-state index is 15.1. The van der Waals surface area contributed by atoms with E-state index in [1.165, 1.54) is 31.0 Å². The van der Waals surface area contributed by atoms with Gasteiger partial charge < -0.3 is 43.4 Å². The third-order valence-electron chi connectivity index (χ3n) is 14.8. The van der Waals surface area contributed by atoms with Crippen LogP contribution in [0.3, 0.4) is 0 Å². The van der Waals surface area contributed by atoms with Crippen LogP contribution in [0.15, 0.2) is 91.0 Å². The zero-order valence-electron chi connectivity index (χ0n) is 39.8. The van der Waals surface area contributed by atoms with Gasteiger partial charge in [0.05, 0.1) is 37.6 Å². The standard InChI is InChI=1S/C55H53N3O12S/c1-29-22-34-23-36-53(62)58-37-26-66-54(63)55(35-25-39(64-4)38(59)24-33(35)20-21-56-55)27-71-52(44-43(37)50-49(67-28-68-50)30(2)48(44)69-40(60)18-16-31-12-8-6-9-13-31)46(58)45(57(36)3)42(34)51(47(29)65-5)70-41(61)19-17-32-14-10-7-11-15-32/h6-19,22,24-25,36-37,45-46,52-53,56,59,62H,20-21,23,26-28H2,1-5H3/b18-16+,19-17+/t36-,37+,45+,46?,52-,53+,55-/m1/s1. The Morgan fingerprint density at radius 2 is 1.51 bits per heavy atom. The fraction of sp³-hybridized carbons (Fsp3) is 0.327. The number of rotatable bonds is 8. The summed E-state index contributed by atoms with van der Waals surface area (Å²) in [6, 6.07) is 21.6. The Kier molecular flexibility index (Phi) is 12.1. The number of methoxy groups -OCH3 is 2. The number of aryl methyl sites for hydroxylation is 1. The van der Waals surface area contributed by atoms with Crippen molar-refractivity contribution >= 4 is 41.8 Å². The first-order chi connectivity index (χ1) is 34.4. The zero-order chi connectivity index (χ0) is 49.3. The number of hydrogen-bond donors (Lipinski definition) is 3. The quantitative estimate of drug-likeness (QED) is 0.0822. The number of nitrogens with zero attached hydrogens (tertiary/aromatic N) is 2. The molecule has 71 heavy (non-hydrogen) atoms. The van der Waals surface area contributed by atoms with Crippen molar-refractivity contribution in [2.75, 3.05) is 47.0 Å². The average molecular weight is 980 g/mol. The summed E-state index contributed by atoms with van der Waals surface area (Å²) in [5, 5.41) is 26.8. The van der Waals surface area contributed by atoms with Gasteiger partial charge in [-0.15, -0.1) is 11.8 Å². The molecule has 1 spiro atoms. The highest BCUT2D eigenvalue weighted by molar-refractivity contribution is 7.99. The number of fused-ring (bicyclic) bond motifs is 9. The topological polar surface area (TPSA) is 175 Å². The molecule has 7 heterocycles. The molecular weight excluding hydrogens is 927 g/mol. The van der Waals surface area contributed by atoms with Crippen LogP contribution >= 0.6 is 11.8 Å². The Balaban J connectivity index is 1.13. The lowest BCUT2D eigenvalue weighted by Gasteiger charge is -2.62. The molecule has 2 saturated heterocycles. The molecule has 2 fully saturated rings. The van der Waals surface area contributed by atoms with Crippen molar-refractivity contribution in [3.63, 3.8) is 0 Å². The van der Waals surface area contributed by atoms with E-state index in [-0.39, 0.29) is 42.2 Å². The summed E-state index contributed by atoms with van der Waals surface area (Å²) in [7, 11) is 4.97. The van der Waals surface area contributed by atoms with E-state index in [0.717, 1.165) is 27.8 Å². The summed E-state index contributed by atoms with van der Waals surface area (Å²) < 4.78 is 43.7. The van der Waals surface area contributed by atoms with Crippen molar-refractivity contribution in [2.24, 2.45) is 0 Å². The molecule has 366 valence electrons. The van der Waals surface area contributed by atoms with E-state index >= 15 is 4.79 Å². The molecule has 7 aliphatic rings. The Morgan fingerprint density at radius 3 is 2.18 bits per heavy atom. The van der Waals surface area contributed by atoms with Gasteiger partial charge in [-0.3, -0.25) is 15.1 Å². The summed E-state index contributed by atoms with van der Waals surface area (Å²) in [4.78, 5) is 47.5. The number of phenolic OH excluding ortho intramolecular Hbond substituents is 1. The molecule has 7 aliphatic heterocycles. The van der Waals surface area contributed by atoms with Crippen molar-refractivity contribution in [1.29, 1.82) is 0 Å². The van der Waals surface area contributed by atoms with Crippen LogP contribution in [0.25, 0.3) is 12.2 Å². The molecule has 15 nitrogen and oxygen atoms in total. The monoisotopic (exact) mass is 979 g/mol. The number of carbonyl (C=O) groups excluding carboxylic acids is 3. The Labute approximate surface area is 414 Å². The maximum absolute atomic E-state index is 15.1. The summed E-state index contributed by atoms with van der Waals surface area (Å²) >= 11 is 1.44. The number of carbonyl (C=O) groups is 3. The van der Waals surface area contributed by atoms with Crippen LogP contribution in [0.5, 0.6) is 40.2 Å². The molecular formula is C55H53N3O12S. The number of piperazine rings is 1. The van der Waals surface area contributed by atoms with Gasteiger partial charge in [0.1, 0.15) is 18.6 Å². The van der Waals surface area contributed by atoms with E-state index in [0.29, 0.717) is 64.5 Å². The van der Waals surface area contributed by atoms with Crippen molar-refractivity contribution in [3.8, 4) is 40.2 Å². The maximum Gasteiger partial charge on any atom is 0.336 e. The van der Waals surface area contributed by atoms with Gasteiger partial charge in [-0.05, 0) is 91.4 Å².